The van der Waals surface area contributed by atoms with Crippen LogP contribution in [0.25, 0.3) is 0 Å². The largest absolute Gasteiger partial charge is 0.352 e. The molecule has 0 saturated carbocycles. The monoisotopic (exact) mass is 551 g/mol. The van der Waals surface area contributed by atoms with Crippen molar-refractivity contribution < 1.29 is 18.0 Å². The maximum atomic E-state index is 13.7. The fourth-order valence-corrected chi connectivity index (χ4v) is 5.06. The van der Waals surface area contributed by atoms with Gasteiger partial charge in [0.2, 0.25) is 21.8 Å². The maximum absolute atomic E-state index is 13.7. The van der Waals surface area contributed by atoms with Crippen LogP contribution in [0.5, 0.6) is 0 Å². The third-order valence-electron chi connectivity index (χ3n) is 5.79. The Kier molecular flexibility index (Phi) is 10.1. The van der Waals surface area contributed by atoms with Crippen molar-refractivity contribution in [3.8, 4) is 0 Å². The first-order chi connectivity index (χ1) is 16.0. The molecule has 0 fully saturated rings. The fourth-order valence-electron chi connectivity index (χ4n) is 3.58. The number of para-hydroxylation sites is 1. The van der Waals surface area contributed by atoms with Crippen molar-refractivity contribution in [2.45, 2.75) is 59.2 Å². The zero-order valence-corrected chi connectivity index (χ0v) is 22.8. The Labute approximate surface area is 211 Å². The Bertz CT molecular complexity index is 1110. The average molecular weight is 553 g/mol. The summed E-state index contributed by atoms with van der Waals surface area (Å²) in [5, 5.41) is 2.97. The molecule has 34 heavy (non-hydrogen) atoms. The third-order valence-corrected chi connectivity index (χ3v) is 7.59. The van der Waals surface area contributed by atoms with Gasteiger partial charge in [-0.15, -0.1) is 0 Å². The molecule has 2 aromatic carbocycles. The molecule has 2 amide bonds. The van der Waals surface area contributed by atoms with E-state index in [1.165, 1.54) is 4.90 Å². The van der Waals surface area contributed by atoms with Crippen LogP contribution in [-0.4, -0.2) is 50.0 Å². The zero-order chi connectivity index (χ0) is 25.5. The topological polar surface area (TPSA) is 86.8 Å². The summed E-state index contributed by atoms with van der Waals surface area (Å²) in [6.45, 7) is 7.47. The van der Waals surface area contributed by atoms with E-state index in [0.29, 0.717) is 16.6 Å². The van der Waals surface area contributed by atoms with Crippen molar-refractivity contribution in [3.05, 3.63) is 64.1 Å². The molecular formula is C25H34BrN3O4S. The molecule has 186 valence electrons. The predicted octanol–water partition coefficient (Wildman–Crippen LogP) is 4.25. The molecule has 7 nitrogen and oxygen atoms in total. The molecule has 0 aromatic heterocycles. The number of carbonyl (C=O) groups is 2. The number of benzene rings is 2. The van der Waals surface area contributed by atoms with Gasteiger partial charge in [-0.25, -0.2) is 8.42 Å². The van der Waals surface area contributed by atoms with Crippen LogP contribution in [0.1, 0.15) is 44.7 Å². The number of hydrogen-bond acceptors (Lipinski definition) is 4. The summed E-state index contributed by atoms with van der Waals surface area (Å²) in [6, 6.07) is 13.7. The number of rotatable bonds is 11. The fraction of sp³-hybridized carbons (Fsp3) is 0.440. The van der Waals surface area contributed by atoms with Gasteiger partial charge in [-0.05, 0) is 65.9 Å². The van der Waals surface area contributed by atoms with Gasteiger partial charge in [-0.3, -0.25) is 13.9 Å². The van der Waals surface area contributed by atoms with Gasteiger partial charge in [-0.1, -0.05) is 50.2 Å². The highest BCUT2D eigenvalue weighted by molar-refractivity contribution is 9.10. The molecule has 0 bridgehead atoms. The Morgan fingerprint density at radius 3 is 2.21 bits per heavy atom. The smallest absolute Gasteiger partial charge is 0.244 e. The molecule has 2 rings (SSSR count). The second kappa shape index (κ2) is 12.4. The van der Waals surface area contributed by atoms with E-state index in [1.54, 1.807) is 24.3 Å². The van der Waals surface area contributed by atoms with E-state index in [2.05, 4.69) is 21.2 Å². The highest BCUT2D eigenvalue weighted by atomic mass is 79.9. The van der Waals surface area contributed by atoms with Crippen molar-refractivity contribution in [1.29, 1.82) is 0 Å². The number of nitrogens with one attached hydrogen (secondary N) is 1. The molecule has 2 atom stereocenters. The molecule has 0 spiro atoms. The highest BCUT2D eigenvalue weighted by Crippen LogP contribution is 2.28. The first-order valence-electron chi connectivity index (χ1n) is 11.4. The van der Waals surface area contributed by atoms with Crippen LogP contribution in [0.4, 0.5) is 5.69 Å². The number of nitrogens with zero attached hydrogens (tertiary/aromatic N) is 2. The molecule has 0 aliphatic carbocycles. The average Bonchev–Trinajstić information content (AvgIpc) is 2.78. The molecule has 2 aromatic rings. The van der Waals surface area contributed by atoms with Crippen molar-refractivity contribution in [1.82, 2.24) is 10.2 Å². The van der Waals surface area contributed by atoms with Crippen LogP contribution in [0.15, 0.2) is 53.0 Å². The van der Waals surface area contributed by atoms with E-state index in [-0.39, 0.29) is 18.5 Å². The van der Waals surface area contributed by atoms with Crippen LogP contribution in [0.2, 0.25) is 0 Å². The minimum atomic E-state index is -3.77. The molecule has 0 saturated heterocycles. The molecule has 1 N–H and O–H groups in total. The maximum Gasteiger partial charge on any atom is 0.244 e. The van der Waals surface area contributed by atoms with Gasteiger partial charge in [0.15, 0.2) is 0 Å². The number of hydrogen-bond donors (Lipinski definition) is 1. The lowest BCUT2D eigenvalue weighted by Gasteiger charge is -2.33. The molecule has 0 heterocycles. The minimum Gasteiger partial charge on any atom is -0.352 e. The van der Waals surface area contributed by atoms with Crippen molar-refractivity contribution in [3.63, 3.8) is 0 Å². The Hall–Kier alpha value is -2.39. The van der Waals surface area contributed by atoms with Gasteiger partial charge >= 0.3 is 0 Å². The number of anilines is 1. The lowest BCUT2D eigenvalue weighted by molar-refractivity contribution is -0.140. The van der Waals surface area contributed by atoms with E-state index < -0.39 is 28.5 Å². The van der Waals surface area contributed by atoms with Gasteiger partial charge < -0.3 is 10.2 Å². The predicted molar refractivity (Wildman–Crippen MR) is 140 cm³/mol. The van der Waals surface area contributed by atoms with Crippen molar-refractivity contribution >= 4 is 43.5 Å². The number of sulfonamides is 1. The number of aryl methyl sites for hydroxylation is 1. The van der Waals surface area contributed by atoms with Gasteiger partial charge in [-0.2, -0.15) is 0 Å². The normalized spacial score (nSPS) is 13.1. The van der Waals surface area contributed by atoms with E-state index >= 15 is 0 Å². The molecular weight excluding hydrogens is 518 g/mol. The van der Waals surface area contributed by atoms with E-state index in [9.17, 15) is 18.0 Å². The molecule has 0 aliphatic rings. The number of halogens is 1. The van der Waals surface area contributed by atoms with E-state index in [1.807, 2.05) is 52.0 Å². The molecule has 9 heteroatoms. The van der Waals surface area contributed by atoms with E-state index in [4.69, 9.17) is 0 Å². The second-order valence-electron chi connectivity index (χ2n) is 8.41. The Balaban J connectivity index is 2.47. The summed E-state index contributed by atoms with van der Waals surface area (Å²) in [7, 11) is -3.77. The first kappa shape index (κ1) is 27.9. The lowest BCUT2D eigenvalue weighted by Crippen LogP contribution is -2.53. The molecule has 0 aliphatic heterocycles. The van der Waals surface area contributed by atoms with Crippen molar-refractivity contribution in [2.75, 3.05) is 17.1 Å². The molecule has 0 unspecified atom stereocenters. The summed E-state index contributed by atoms with van der Waals surface area (Å²) in [5.74, 6) is -0.693. The van der Waals surface area contributed by atoms with Crippen LogP contribution in [0, 0.1) is 6.92 Å². The Morgan fingerprint density at radius 2 is 1.65 bits per heavy atom. The van der Waals surface area contributed by atoms with Gasteiger partial charge in [0, 0.05) is 17.1 Å². The lowest BCUT2D eigenvalue weighted by atomic mass is 10.1. The third kappa shape index (κ3) is 7.30. The van der Waals surface area contributed by atoms with E-state index in [0.717, 1.165) is 28.1 Å². The number of amides is 2. The Morgan fingerprint density at radius 1 is 1.03 bits per heavy atom. The summed E-state index contributed by atoms with van der Waals surface area (Å²) in [4.78, 5) is 28.3. The summed E-state index contributed by atoms with van der Waals surface area (Å²) in [5.41, 5.74) is 2.26. The first-order valence-corrected chi connectivity index (χ1v) is 14.0. The summed E-state index contributed by atoms with van der Waals surface area (Å²) in [6.07, 6.45) is 2.23. The summed E-state index contributed by atoms with van der Waals surface area (Å²) < 4.78 is 27.0. The van der Waals surface area contributed by atoms with Crippen LogP contribution in [0.3, 0.4) is 0 Å². The quantitative estimate of drug-likeness (QED) is 0.452. The van der Waals surface area contributed by atoms with Gasteiger partial charge in [0.1, 0.15) is 12.6 Å². The van der Waals surface area contributed by atoms with Gasteiger partial charge in [0.25, 0.3) is 0 Å². The zero-order valence-electron chi connectivity index (χ0n) is 20.4. The van der Waals surface area contributed by atoms with Gasteiger partial charge in [0.05, 0.1) is 11.9 Å². The molecule has 0 radical (unpaired) electrons. The second-order valence-corrected chi connectivity index (χ2v) is 11.2. The minimum absolute atomic E-state index is 0.0373. The standard InChI is InChI=1S/C25H34BrN3O4S/c1-6-19(4)27-25(31)22(7-2)28(16-20-13-9-8-12-18(20)3)24(30)17-29(34(5,32)33)23-15-11-10-14-21(23)26/h8-15,19,22H,6-7,16-17H2,1-5H3,(H,27,31)/t19-,22-/m0/s1. The van der Waals surface area contributed by atoms with Crippen molar-refractivity contribution in [2.24, 2.45) is 0 Å². The highest BCUT2D eigenvalue weighted by Gasteiger charge is 2.32. The van der Waals surface area contributed by atoms with Crippen LogP contribution >= 0.6 is 15.9 Å². The summed E-state index contributed by atoms with van der Waals surface area (Å²) >= 11 is 3.39. The van der Waals surface area contributed by atoms with Crippen LogP contribution < -0.4 is 9.62 Å². The number of carbonyl (C=O) groups excluding carboxylic acids is 2. The SMILES string of the molecule is CC[C@H](C)NC(=O)[C@H](CC)N(Cc1ccccc1C)C(=O)CN(c1ccccc1Br)S(C)(=O)=O. The van der Waals surface area contributed by atoms with Crippen LogP contribution in [-0.2, 0) is 26.2 Å².